The Morgan fingerprint density at radius 2 is 1.64 bits per heavy atom. The van der Waals surface area contributed by atoms with Gasteiger partial charge >= 0.3 is 0 Å². The molecule has 1 rings (SSSR count). The standard InChI is InChI=1S/C12H17BrO/c1-7(2)9-5-6-10(14)12(13)11(9)8(3)4/h5-8,14H,1-4H3. The highest BCUT2D eigenvalue weighted by Crippen LogP contribution is 2.37. The summed E-state index contributed by atoms with van der Waals surface area (Å²) in [6.07, 6.45) is 0. The van der Waals surface area contributed by atoms with E-state index in [1.54, 1.807) is 6.07 Å². The molecule has 0 amide bonds. The molecule has 2 heteroatoms. The van der Waals surface area contributed by atoms with Crippen LogP contribution < -0.4 is 0 Å². The van der Waals surface area contributed by atoms with Crippen LogP contribution in [0.4, 0.5) is 0 Å². The van der Waals surface area contributed by atoms with Crippen molar-refractivity contribution in [2.24, 2.45) is 0 Å². The maximum atomic E-state index is 9.61. The fraction of sp³-hybridized carbons (Fsp3) is 0.500. The molecule has 1 nitrogen and oxygen atoms in total. The van der Waals surface area contributed by atoms with Gasteiger partial charge in [0, 0.05) is 0 Å². The first-order valence-electron chi connectivity index (χ1n) is 4.96. The van der Waals surface area contributed by atoms with Crippen LogP contribution in [-0.4, -0.2) is 5.11 Å². The van der Waals surface area contributed by atoms with Crippen LogP contribution in [0.25, 0.3) is 0 Å². The van der Waals surface area contributed by atoms with Crippen LogP contribution in [0.15, 0.2) is 16.6 Å². The molecule has 0 unspecified atom stereocenters. The van der Waals surface area contributed by atoms with Gasteiger partial charge in [0.15, 0.2) is 0 Å². The summed E-state index contributed by atoms with van der Waals surface area (Å²) in [5.74, 6) is 1.25. The van der Waals surface area contributed by atoms with Gasteiger partial charge in [0.1, 0.15) is 5.75 Å². The average molecular weight is 257 g/mol. The van der Waals surface area contributed by atoms with E-state index in [1.165, 1.54) is 11.1 Å². The van der Waals surface area contributed by atoms with Gasteiger partial charge in [0.05, 0.1) is 4.47 Å². The van der Waals surface area contributed by atoms with E-state index in [9.17, 15) is 5.11 Å². The van der Waals surface area contributed by atoms with E-state index >= 15 is 0 Å². The van der Waals surface area contributed by atoms with Gasteiger partial charge in [-0.2, -0.15) is 0 Å². The second-order valence-electron chi connectivity index (χ2n) is 4.21. The molecule has 0 aliphatic heterocycles. The van der Waals surface area contributed by atoms with Gasteiger partial charge in [-0.05, 0) is 45.0 Å². The Morgan fingerprint density at radius 3 is 2.07 bits per heavy atom. The van der Waals surface area contributed by atoms with Crippen LogP contribution in [0.3, 0.4) is 0 Å². The molecule has 0 aromatic heterocycles. The SMILES string of the molecule is CC(C)c1ccc(O)c(Br)c1C(C)C. The summed E-state index contributed by atoms with van der Waals surface area (Å²) in [5, 5.41) is 9.61. The first-order valence-corrected chi connectivity index (χ1v) is 5.75. The number of hydrogen-bond acceptors (Lipinski definition) is 1. The van der Waals surface area contributed by atoms with Crippen molar-refractivity contribution in [3.8, 4) is 5.75 Å². The second kappa shape index (κ2) is 4.35. The van der Waals surface area contributed by atoms with E-state index in [-0.39, 0.29) is 0 Å². The van der Waals surface area contributed by atoms with Crippen molar-refractivity contribution < 1.29 is 5.11 Å². The normalized spacial score (nSPS) is 11.4. The van der Waals surface area contributed by atoms with Gasteiger partial charge in [-0.15, -0.1) is 0 Å². The van der Waals surface area contributed by atoms with Crippen molar-refractivity contribution >= 4 is 15.9 Å². The molecule has 0 saturated heterocycles. The van der Waals surface area contributed by atoms with E-state index in [0.29, 0.717) is 17.6 Å². The zero-order valence-corrected chi connectivity index (χ0v) is 10.7. The lowest BCUT2D eigenvalue weighted by Gasteiger charge is -2.18. The third kappa shape index (κ3) is 2.11. The van der Waals surface area contributed by atoms with Crippen LogP contribution >= 0.6 is 15.9 Å². The molecule has 1 aromatic carbocycles. The molecule has 1 aromatic rings. The average Bonchev–Trinajstić information content (AvgIpc) is 2.08. The highest BCUT2D eigenvalue weighted by atomic mass is 79.9. The molecular weight excluding hydrogens is 240 g/mol. The lowest BCUT2D eigenvalue weighted by atomic mass is 9.90. The fourth-order valence-electron chi connectivity index (χ4n) is 1.69. The number of benzene rings is 1. The summed E-state index contributed by atoms with van der Waals surface area (Å²) in [6, 6.07) is 3.77. The Kier molecular flexibility index (Phi) is 3.59. The van der Waals surface area contributed by atoms with Crippen LogP contribution in [0.1, 0.15) is 50.7 Å². The maximum Gasteiger partial charge on any atom is 0.130 e. The first kappa shape index (κ1) is 11.6. The van der Waals surface area contributed by atoms with E-state index in [1.807, 2.05) is 6.07 Å². The van der Waals surface area contributed by atoms with Gasteiger partial charge in [-0.1, -0.05) is 33.8 Å². The zero-order valence-electron chi connectivity index (χ0n) is 9.13. The molecule has 0 bridgehead atoms. The Morgan fingerprint density at radius 1 is 1.07 bits per heavy atom. The molecular formula is C12H17BrO. The summed E-state index contributed by atoms with van der Waals surface area (Å²) in [7, 11) is 0. The molecule has 0 fully saturated rings. The molecule has 0 radical (unpaired) electrons. The molecule has 14 heavy (non-hydrogen) atoms. The van der Waals surface area contributed by atoms with Crippen molar-refractivity contribution in [1.82, 2.24) is 0 Å². The van der Waals surface area contributed by atoms with E-state index in [2.05, 4.69) is 43.6 Å². The lowest BCUT2D eigenvalue weighted by molar-refractivity contribution is 0.469. The van der Waals surface area contributed by atoms with Gasteiger partial charge in [-0.25, -0.2) is 0 Å². The number of aromatic hydroxyl groups is 1. The van der Waals surface area contributed by atoms with Gasteiger partial charge in [0.25, 0.3) is 0 Å². The topological polar surface area (TPSA) is 20.2 Å². The minimum atomic E-state index is 0.332. The van der Waals surface area contributed by atoms with Gasteiger partial charge in [0.2, 0.25) is 0 Å². The summed E-state index contributed by atoms with van der Waals surface area (Å²) in [4.78, 5) is 0. The van der Waals surface area contributed by atoms with Gasteiger partial charge < -0.3 is 5.11 Å². The Labute approximate surface area is 94.3 Å². The summed E-state index contributed by atoms with van der Waals surface area (Å²) >= 11 is 3.45. The smallest absolute Gasteiger partial charge is 0.130 e. The number of halogens is 1. The summed E-state index contributed by atoms with van der Waals surface area (Å²) < 4.78 is 0.846. The molecule has 0 aliphatic carbocycles. The van der Waals surface area contributed by atoms with E-state index < -0.39 is 0 Å². The minimum Gasteiger partial charge on any atom is -0.507 e. The van der Waals surface area contributed by atoms with Crippen molar-refractivity contribution in [2.45, 2.75) is 39.5 Å². The molecule has 0 heterocycles. The Balaban J connectivity index is 3.38. The third-order valence-corrected chi connectivity index (χ3v) is 3.23. The maximum absolute atomic E-state index is 9.61. The lowest BCUT2D eigenvalue weighted by Crippen LogP contribution is -1.99. The first-order chi connectivity index (χ1) is 6.45. The zero-order chi connectivity index (χ0) is 10.9. The second-order valence-corrected chi connectivity index (χ2v) is 5.00. The summed E-state index contributed by atoms with van der Waals surface area (Å²) in [5.41, 5.74) is 2.53. The highest BCUT2D eigenvalue weighted by molar-refractivity contribution is 9.10. The monoisotopic (exact) mass is 256 g/mol. The third-order valence-electron chi connectivity index (χ3n) is 2.39. The number of hydrogen-bond donors (Lipinski definition) is 1. The van der Waals surface area contributed by atoms with E-state index in [0.717, 1.165) is 4.47 Å². The quantitative estimate of drug-likeness (QED) is 0.832. The van der Waals surface area contributed by atoms with E-state index in [4.69, 9.17) is 0 Å². The van der Waals surface area contributed by atoms with Gasteiger partial charge in [-0.3, -0.25) is 0 Å². The number of phenolic OH excluding ortho intramolecular Hbond substituents is 1. The molecule has 0 spiro atoms. The highest BCUT2D eigenvalue weighted by Gasteiger charge is 2.15. The van der Waals surface area contributed by atoms with Crippen molar-refractivity contribution in [3.63, 3.8) is 0 Å². The number of rotatable bonds is 2. The Bertz CT molecular complexity index is 329. The molecule has 0 atom stereocenters. The van der Waals surface area contributed by atoms with Crippen molar-refractivity contribution in [2.75, 3.05) is 0 Å². The van der Waals surface area contributed by atoms with Crippen molar-refractivity contribution in [3.05, 3.63) is 27.7 Å². The minimum absolute atomic E-state index is 0.332. The van der Waals surface area contributed by atoms with Crippen LogP contribution in [0, 0.1) is 0 Å². The molecule has 78 valence electrons. The predicted molar refractivity (Wildman–Crippen MR) is 64.0 cm³/mol. The largest absolute Gasteiger partial charge is 0.507 e. The van der Waals surface area contributed by atoms with Crippen LogP contribution in [0.2, 0.25) is 0 Å². The van der Waals surface area contributed by atoms with Crippen molar-refractivity contribution in [1.29, 1.82) is 0 Å². The Hall–Kier alpha value is -0.500. The van der Waals surface area contributed by atoms with Crippen LogP contribution in [-0.2, 0) is 0 Å². The predicted octanol–water partition coefficient (Wildman–Crippen LogP) is 4.40. The summed E-state index contributed by atoms with van der Waals surface area (Å²) in [6.45, 7) is 8.63. The molecule has 0 saturated carbocycles. The fourth-order valence-corrected chi connectivity index (χ4v) is 2.51. The molecule has 0 aliphatic rings. The molecule has 1 N–H and O–H groups in total. The van der Waals surface area contributed by atoms with Crippen LogP contribution in [0.5, 0.6) is 5.75 Å². The number of phenols is 1.